The van der Waals surface area contributed by atoms with Crippen LogP contribution in [-0.2, 0) is 0 Å². The fraction of sp³-hybridized carbons (Fsp3) is 0. The molecular formula is C46H30N4. The van der Waals surface area contributed by atoms with Gasteiger partial charge in [-0.05, 0) is 80.9 Å². The molecule has 234 valence electrons. The van der Waals surface area contributed by atoms with Gasteiger partial charge in [0.15, 0.2) is 0 Å². The Hall–Kier alpha value is -6.78. The van der Waals surface area contributed by atoms with Crippen LogP contribution in [0.5, 0.6) is 0 Å². The maximum Gasteiger partial charge on any atom is 0.0978 e. The van der Waals surface area contributed by atoms with Crippen molar-refractivity contribution in [2.24, 2.45) is 0 Å². The second-order valence-corrected chi connectivity index (χ2v) is 12.3. The van der Waals surface area contributed by atoms with E-state index in [1.165, 1.54) is 0 Å². The molecule has 0 aliphatic heterocycles. The Balaban J connectivity index is 1.28. The third-order valence-electron chi connectivity index (χ3n) is 9.32. The van der Waals surface area contributed by atoms with Gasteiger partial charge in [-0.2, -0.15) is 0 Å². The molecule has 0 fully saturated rings. The second-order valence-electron chi connectivity index (χ2n) is 12.3. The van der Waals surface area contributed by atoms with Crippen molar-refractivity contribution in [2.45, 2.75) is 0 Å². The lowest BCUT2D eigenvalue weighted by Crippen LogP contribution is -1.95. The molecule has 4 heteroatoms. The maximum absolute atomic E-state index is 5.41. The Morgan fingerprint density at radius 1 is 0.280 bits per heavy atom. The van der Waals surface area contributed by atoms with Crippen LogP contribution in [0.1, 0.15) is 0 Å². The zero-order chi connectivity index (χ0) is 33.3. The van der Waals surface area contributed by atoms with Crippen molar-refractivity contribution in [1.29, 1.82) is 0 Å². The molecule has 4 aromatic heterocycles. The van der Waals surface area contributed by atoms with Crippen LogP contribution in [0.25, 0.3) is 88.8 Å². The van der Waals surface area contributed by atoms with Crippen LogP contribution in [0.15, 0.2) is 183 Å². The molecule has 50 heavy (non-hydrogen) atoms. The number of hydrogen-bond donors (Lipinski definition) is 0. The largest absolute Gasteiger partial charge is 0.265 e. The number of nitrogens with zero attached hydrogens (tertiary/aromatic N) is 4. The molecule has 0 amide bonds. The lowest BCUT2D eigenvalue weighted by molar-refractivity contribution is 1.33. The second kappa shape index (κ2) is 12.7. The van der Waals surface area contributed by atoms with Crippen molar-refractivity contribution in [1.82, 2.24) is 19.9 Å². The fourth-order valence-corrected chi connectivity index (χ4v) is 6.74. The van der Waals surface area contributed by atoms with Gasteiger partial charge in [-0.15, -0.1) is 0 Å². The van der Waals surface area contributed by atoms with E-state index in [0.717, 1.165) is 88.8 Å². The Labute approximate surface area is 290 Å². The zero-order valence-corrected chi connectivity index (χ0v) is 27.1. The number of rotatable bonds is 6. The standard InChI is InChI=1S/C46H30N4/c1-3-7-35(8-4-1)41-29-43(37-15-11-31(12-16-37)33-21-25-47-26-22-33)49-45-39(41)19-20-40-42(36-9-5-2-6-10-36)30-44(50-46(40)45)38-17-13-32(14-18-38)34-23-27-48-28-24-34/h1-30H. The first kappa shape index (κ1) is 29.4. The van der Waals surface area contributed by atoms with Crippen molar-refractivity contribution in [3.63, 3.8) is 0 Å². The molecule has 9 aromatic rings. The van der Waals surface area contributed by atoms with E-state index in [9.17, 15) is 0 Å². The third-order valence-corrected chi connectivity index (χ3v) is 9.32. The van der Waals surface area contributed by atoms with Gasteiger partial charge in [0.05, 0.1) is 22.4 Å². The smallest absolute Gasteiger partial charge is 0.0978 e. The summed E-state index contributed by atoms with van der Waals surface area (Å²) in [4.78, 5) is 19.2. The van der Waals surface area contributed by atoms with E-state index in [-0.39, 0.29) is 0 Å². The molecule has 0 radical (unpaired) electrons. The first-order chi connectivity index (χ1) is 24.8. The number of hydrogen-bond acceptors (Lipinski definition) is 4. The predicted molar refractivity (Wildman–Crippen MR) is 205 cm³/mol. The molecule has 0 aliphatic rings. The lowest BCUT2D eigenvalue weighted by atomic mass is 9.93. The molecule has 9 rings (SSSR count). The van der Waals surface area contributed by atoms with Gasteiger partial charge < -0.3 is 0 Å². The molecule has 0 unspecified atom stereocenters. The van der Waals surface area contributed by atoms with Gasteiger partial charge in [0.1, 0.15) is 0 Å². The Bertz CT molecular complexity index is 2400. The van der Waals surface area contributed by atoms with Crippen molar-refractivity contribution in [3.8, 4) is 67.0 Å². The molecule has 0 saturated heterocycles. The Morgan fingerprint density at radius 2 is 0.620 bits per heavy atom. The summed E-state index contributed by atoms with van der Waals surface area (Å²) in [6.45, 7) is 0. The number of benzene rings is 5. The van der Waals surface area contributed by atoms with Crippen LogP contribution in [0.3, 0.4) is 0 Å². The summed E-state index contributed by atoms with van der Waals surface area (Å²) in [5, 5.41) is 2.13. The zero-order valence-electron chi connectivity index (χ0n) is 27.1. The summed E-state index contributed by atoms with van der Waals surface area (Å²) >= 11 is 0. The monoisotopic (exact) mass is 638 g/mol. The molecule has 0 aliphatic carbocycles. The van der Waals surface area contributed by atoms with Crippen molar-refractivity contribution in [3.05, 3.63) is 183 Å². The minimum absolute atomic E-state index is 0.879. The van der Waals surface area contributed by atoms with E-state index < -0.39 is 0 Å². The summed E-state index contributed by atoms with van der Waals surface area (Å²) in [6.07, 6.45) is 7.30. The van der Waals surface area contributed by atoms with Crippen molar-refractivity contribution < 1.29 is 0 Å². The molecule has 4 nitrogen and oxygen atoms in total. The summed E-state index contributed by atoms with van der Waals surface area (Å²) in [6, 6.07) is 55.3. The maximum atomic E-state index is 5.41. The Morgan fingerprint density at radius 3 is 1.00 bits per heavy atom. The molecule has 4 heterocycles. The van der Waals surface area contributed by atoms with Crippen molar-refractivity contribution in [2.75, 3.05) is 0 Å². The summed E-state index contributed by atoms with van der Waals surface area (Å²) in [7, 11) is 0. The van der Waals surface area contributed by atoms with E-state index in [2.05, 4.69) is 143 Å². The molecule has 0 saturated carbocycles. The highest BCUT2D eigenvalue weighted by Crippen LogP contribution is 2.40. The number of pyridine rings is 4. The number of fused-ring (bicyclic) bond motifs is 3. The van der Waals surface area contributed by atoms with E-state index in [1.807, 2.05) is 49.1 Å². The van der Waals surface area contributed by atoms with Gasteiger partial charge in [-0.25, -0.2) is 9.97 Å². The first-order valence-corrected chi connectivity index (χ1v) is 16.7. The molecule has 0 spiro atoms. The van der Waals surface area contributed by atoms with Gasteiger partial charge in [0.2, 0.25) is 0 Å². The van der Waals surface area contributed by atoms with Gasteiger partial charge in [-0.1, -0.05) is 121 Å². The van der Waals surface area contributed by atoms with Crippen LogP contribution >= 0.6 is 0 Å². The average Bonchev–Trinajstić information content (AvgIpc) is 3.21. The molecule has 5 aromatic carbocycles. The van der Waals surface area contributed by atoms with Gasteiger partial charge >= 0.3 is 0 Å². The minimum Gasteiger partial charge on any atom is -0.265 e. The highest BCUT2D eigenvalue weighted by molar-refractivity contribution is 6.13. The topological polar surface area (TPSA) is 51.6 Å². The molecule has 0 atom stereocenters. The van der Waals surface area contributed by atoms with E-state index in [4.69, 9.17) is 9.97 Å². The van der Waals surface area contributed by atoms with Crippen LogP contribution in [0.2, 0.25) is 0 Å². The summed E-state index contributed by atoms with van der Waals surface area (Å²) < 4.78 is 0. The molecular weight excluding hydrogens is 609 g/mol. The van der Waals surface area contributed by atoms with Crippen LogP contribution in [0.4, 0.5) is 0 Å². The van der Waals surface area contributed by atoms with E-state index in [1.54, 1.807) is 0 Å². The average molecular weight is 639 g/mol. The van der Waals surface area contributed by atoms with E-state index in [0.29, 0.717) is 0 Å². The van der Waals surface area contributed by atoms with Crippen LogP contribution in [-0.4, -0.2) is 19.9 Å². The lowest BCUT2D eigenvalue weighted by Gasteiger charge is -2.16. The molecule has 0 N–H and O–H groups in total. The van der Waals surface area contributed by atoms with Gasteiger partial charge in [0, 0.05) is 46.7 Å². The van der Waals surface area contributed by atoms with Crippen molar-refractivity contribution >= 4 is 21.8 Å². The number of aromatic nitrogens is 4. The van der Waals surface area contributed by atoms with Crippen LogP contribution in [0, 0.1) is 0 Å². The third kappa shape index (κ3) is 5.49. The normalized spacial score (nSPS) is 11.2. The quantitative estimate of drug-likeness (QED) is 0.170. The van der Waals surface area contributed by atoms with Crippen LogP contribution < -0.4 is 0 Å². The summed E-state index contributed by atoms with van der Waals surface area (Å²) in [5.74, 6) is 0. The Kier molecular flexibility index (Phi) is 7.45. The SMILES string of the molecule is c1ccc(-c2cc(-c3ccc(-c4ccncc4)cc3)nc3c2ccc2c(-c4ccccc4)cc(-c4ccc(-c5ccncc5)cc4)nc23)cc1. The fourth-order valence-electron chi connectivity index (χ4n) is 6.74. The molecule has 0 bridgehead atoms. The van der Waals surface area contributed by atoms with Gasteiger partial charge in [0.25, 0.3) is 0 Å². The highest BCUT2D eigenvalue weighted by atomic mass is 14.8. The minimum atomic E-state index is 0.879. The van der Waals surface area contributed by atoms with E-state index >= 15 is 0 Å². The van der Waals surface area contributed by atoms with Gasteiger partial charge in [-0.3, -0.25) is 9.97 Å². The summed E-state index contributed by atoms with van der Waals surface area (Å²) in [5.41, 5.74) is 14.7. The predicted octanol–water partition coefficient (Wildman–Crippen LogP) is 11.6. The first-order valence-electron chi connectivity index (χ1n) is 16.7. The highest BCUT2D eigenvalue weighted by Gasteiger charge is 2.17.